The van der Waals surface area contributed by atoms with Crippen LogP contribution in [0.1, 0.15) is 43.0 Å². The molecule has 1 aromatic heterocycles. The summed E-state index contributed by atoms with van der Waals surface area (Å²) >= 11 is 3.48. The number of nitrogens with zero attached hydrogens (tertiary/aromatic N) is 2. The summed E-state index contributed by atoms with van der Waals surface area (Å²) in [5.74, 6) is -0.626. The van der Waals surface area contributed by atoms with Gasteiger partial charge in [-0.2, -0.15) is 0 Å². The SMILES string of the molecule is CCC1CCCCN1C(=O)COC(=O)c1cc(-c2cccc(Br)c2)nc2ccccc12. The number of para-hydroxylation sites is 1. The third-order valence-corrected chi connectivity index (χ3v) is 6.30. The smallest absolute Gasteiger partial charge is 0.339 e. The molecule has 1 unspecified atom stereocenters. The van der Waals surface area contributed by atoms with Gasteiger partial charge in [-0.3, -0.25) is 4.79 Å². The number of esters is 1. The molecule has 1 aliphatic heterocycles. The number of amides is 1. The molecule has 2 aromatic carbocycles. The van der Waals surface area contributed by atoms with Gasteiger partial charge in [-0.05, 0) is 49.9 Å². The number of hydrogen-bond acceptors (Lipinski definition) is 4. The Morgan fingerprint density at radius 1 is 1.13 bits per heavy atom. The normalized spacial score (nSPS) is 16.3. The third kappa shape index (κ3) is 4.79. The third-order valence-electron chi connectivity index (χ3n) is 5.80. The fourth-order valence-corrected chi connectivity index (χ4v) is 4.58. The lowest BCUT2D eigenvalue weighted by Crippen LogP contribution is -2.45. The number of ether oxygens (including phenoxy) is 1. The molecular weight excluding hydrogens is 456 g/mol. The zero-order valence-electron chi connectivity index (χ0n) is 17.5. The molecule has 1 aliphatic rings. The van der Waals surface area contributed by atoms with Gasteiger partial charge in [0.2, 0.25) is 0 Å². The molecular formula is C25H25BrN2O3. The number of halogens is 1. The van der Waals surface area contributed by atoms with Crippen LogP contribution in [0.4, 0.5) is 0 Å². The highest BCUT2D eigenvalue weighted by Gasteiger charge is 2.26. The molecule has 0 aliphatic carbocycles. The van der Waals surface area contributed by atoms with E-state index in [0.717, 1.165) is 42.3 Å². The maximum Gasteiger partial charge on any atom is 0.339 e. The molecule has 0 spiro atoms. The summed E-state index contributed by atoms with van der Waals surface area (Å²) in [6.45, 7) is 2.59. The van der Waals surface area contributed by atoms with Gasteiger partial charge in [-0.25, -0.2) is 9.78 Å². The molecule has 0 N–H and O–H groups in total. The van der Waals surface area contributed by atoms with Gasteiger partial charge in [0, 0.05) is 28.0 Å². The van der Waals surface area contributed by atoms with Crippen LogP contribution in [0.5, 0.6) is 0 Å². The van der Waals surface area contributed by atoms with Gasteiger partial charge in [0.25, 0.3) is 5.91 Å². The van der Waals surface area contributed by atoms with Gasteiger partial charge >= 0.3 is 5.97 Å². The Bertz CT molecular complexity index is 1110. The van der Waals surface area contributed by atoms with E-state index in [4.69, 9.17) is 9.72 Å². The van der Waals surface area contributed by atoms with E-state index in [1.54, 1.807) is 6.07 Å². The topological polar surface area (TPSA) is 59.5 Å². The maximum absolute atomic E-state index is 13.0. The summed E-state index contributed by atoms with van der Waals surface area (Å²) in [7, 11) is 0. The highest BCUT2D eigenvalue weighted by atomic mass is 79.9. The number of piperidine rings is 1. The fraction of sp³-hybridized carbons (Fsp3) is 0.320. The average Bonchev–Trinajstić information content (AvgIpc) is 2.81. The van der Waals surface area contributed by atoms with Crippen molar-refractivity contribution >= 4 is 38.7 Å². The van der Waals surface area contributed by atoms with E-state index in [1.807, 2.05) is 53.4 Å². The van der Waals surface area contributed by atoms with Crippen LogP contribution in [0.2, 0.25) is 0 Å². The fourth-order valence-electron chi connectivity index (χ4n) is 4.18. The Morgan fingerprint density at radius 2 is 1.97 bits per heavy atom. The van der Waals surface area contributed by atoms with E-state index in [-0.39, 0.29) is 18.6 Å². The molecule has 1 fully saturated rings. The lowest BCUT2D eigenvalue weighted by molar-refractivity contribution is -0.138. The number of fused-ring (bicyclic) bond motifs is 1. The summed E-state index contributed by atoms with van der Waals surface area (Å²) in [6.07, 6.45) is 4.08. The van der Waals surface area contributed by atoms with Crippen molar-refractivity contribution < 1.29 is 14.3 Å². The molecule has 0 radical (unpaired) electrons. The van der Waals surface area contributed by atoms with Crippen LogP contribution in [-0.2, 0) is 9.53 Å². The van der Waals surface area contributed by atoms with Crippen LogP contribution in [0, 0.1) is 0 Å². The second kappa shape index (κ2) is 9.60. The second-order valence-electron chi connectivity index (χ2n) is 7.80. The van der Waals surface area contributed by atoms with Gasteiger partial charge in [-0.1, -0.05) is 53.2 Å². The number of carbonyl (C=O) groups is 2. The summed E-state index contributed by atoms with van der Waals surface area (Å²) in [5.41, 5.74) is 2.70. The monoisotopic (exact) mass is 480 g/mol. The van der Waals surface area contributed by atoms with Crippen molar-refractivity contribution in [1.29, 1.82) is 0 Å². The first-order valence-electron chi connectivity index (χ1n) is 10.7. The predicted octanol–water partition coefficient (Wildman–Crippen LogP) is 5.61. The summed E-state index contributed by atoms with van der Waals surface area (Å²) in [6, 6.07) is 17.2. The van der Waals surface area contributed by atoms with Crippen molar-refractivity contribution in [1.82, 2.24) is 9.88 Å². The molecule has 2 heterocycles. The minimum atomic E-state index is -0.506. The van der Waals surface area contributed by atoms with Crippen LogP contribution < -0.4 is 0 Å². The largest absolute Gasteiger partial charge is 0.452 e. The molecule has 1 amide bonds. The number of rotatable bonds is 5. The number of aromatic nitrogens is 1. The van der Waals surface area contributed by atoms with Crippen molar-refractivity contribution in [3.8, 4) is 11.3 Å². The van der Waals surface area contributed by atoms with E-state index in [9.17, 15) is 9.59 Å². The van der Waals surface area contributed by atoms with Crippen molar-refractivity contribution in [3.05, 3.63) is 64.6 Å². The molecule has 3 aromatic rings. The number of pyridine rings is 1. The van der Waals surface area contributed by atoms with Crippen molar-refractivity contribution in [3.63, 3.8) is 0 Å². The average molecular weight is 481 g/mol. The maximum atomic E-state index is 13.0. The Balaban J connectivity index is 1.59. The van der Waals surface area contributed by atoms with E-state index in [0.29, 0.717) is 22.2 Å². The van der Waals surface area contributed by atoms with Crippen LogP contribution >= 0.6 is 15.9 Å². The first-order chi connectivity index (χ1) is 15.1. The zero-order chi connectivity index (χ0) is 21.8. The van der Waals surface area contributed by atoms with Crippen LogP contribution in [-0.4, -0.2) is 41.0 Å². The zero-order valence-corrected chi connectivity index (χ0v) is 19.1. The standard InChI is InChI=1S/C25H25BrN2O3/c1-2-19-10-5-6-13-28(19)24(29)16-31-25(30)21-15-23(17-8-7-9-18(26)14-17)27-22-12-4-3-11-20(21)22/h3-4,7-9,11-12,14-15,19H,2,5-6,10,13,16H2,1H3. The van der Waals surface area contributed by atoms with Crippen molar-refractivity contribution in [2.24, 2.45) is 0 Å². The predicted molar refractivity (Wildman–Crippen MR) is 125 cm³/mol. The Labute approximate surface area is 190 Å². The summed E-state index contributed by atoms with van der Waals surface area (Å²) in [5, 5.41) is 0.711. The first-order valence-corrected chi connectivity index (χ1v) is 11.5. The highest BCUT2D eigenvalue weighted by Crippen LogP contribution is 2.27. The molecule has 160 valence electrons. The van der Waals surface area contributed by atoms with Gasteiger partial charge in [0.05, 0.1) is 16.8 Å². The van der Waals surface area contributed by atoms with Crippen molar-refractivity contribution in [2.75, 3.05) is 13.2 Å². The van der Waals surface area contributed by atoms with Gasteiger partial charge < -0.3 is 9.64 Å². The second-order valence-corrected chi connectivity index (χ2v) is 8.72. The van der Waals surface area contributed by atoms with E-state index >= 15 is 0 Å². The molecule has 4 rings (SSSR count). The lowest BCUT2D eigenvalue weighted by atomic mass is 10.00. The number of benzene rings is 2. The van der Waals surface area contributed by atoms with E-state index < -0.39 is 5.97 Å². The minimum Gasteiger partial charge on any atom is -0.452 e. The number of carbonyl (C=O) groups excluding carboxylic acids is 2. The summed E-state index contributed by atoms with van der Waals surface area (Å²) < 4.78 is 6.42. The summed E-state index contributed by atoms with van der Waals surface area (Å²) in [4.78, 5) is 32.3. The lowest BCUT2D eigenvalue weighted by Gasteiger charge is -2.35. The molecule has 31 heavy (non-hydrogen) atoms. The van der Waals surface area contributed by atoms with Crippen molar-refractivity contribution in [2.45, 2.75) is 38.6 Å². The molecule has 6 heteroatoms. The number of hydrogen-bond donors (Lipinski definition) is 0. The molecule has 5 nitrogen and oxygen atoms in total. The van der Waals surface area contributed by atoms with Gasteiger partial charge in [-0.15, -0.1) is 0 Å². The minimum absolute atomic E-state index is 0.120. The molecule has 1 saturated heterocycles. The molecule has 0 bridgehead atoms. The number of likely N-dealkylation sites (tertiary alicyclic amines) is 1. The van der Waals surface area contributed by atoms with Crippen LogP contribution in [0.15, 0.2) is 59.1 Å². The molecule has 1 atom stereocenters. The Hall–Kier alpha value is -2.73. The van der Waals surface area contributed by atoms with E-state index in [1.165, 1.54) is 0 Å². The highest BCUT2D eigenvalue weighted by molar-refractivity contribution is 9.10. The molecule has 0 saturated carbocycles. The quantitative estimate of drug-likeness (QED) is 0.445. The van der Waals surface area contributed by atoms with Gasteiger partial charge in [0.15, 0.2) is 6.61 Å². The Kier molecular flexibility index (Phi) is 6.66. The first kappa shape index (κ1) is 21.5. The Morgan fingerprint density at radius 3 is 2.77 bits per heavy atom. The van der Waals surface area contributed by atoms with E-state index in [2.05, 4.69) is 22.9 Å². The van der Waals surface area contributed by atoms with Crippen LogP contribution in [0.25, 0.3) is 22.2 Å². The van der Waals surface area contributed by atoms with Gasteiger partial charge in [0.1, 0.15) is 0 Å². The van der Waals surface area contributed by atoms with Crippen LogP contribution in [0.3, 0.4) is 0 Å².